The van der Waals surface area contributed by atoms with Gasteiger partial charge in [0.2, 0.25) is 11.8 Å². The lowest BCUT2D eigenvalue weighted by Crippen LogP contribution is -2.59. The largest absolute Gasteiger partial charge is 0.339 e. The lowest BCUT2D eigenvalue weighted by Gasteiger charge is -2.40. The number of likely N-dealkylation sites (N-methyl/N-ethyl adjacent to an activating group) is 1. The second kappa shape index (κ2) is 9.73. The molecule has 1 atom stereocenters. The van der Waals surface area contributed by atoms with Crippen molar-refractivity contribution in [2.75, 3.05) is 19.6 Å². The van der Waals surface area contributed by atoms with Gasteiger partial charge in [0, 0.05) is 44.0 Å². The molecule has 164 valence electrons. The molecular weight excluding hydrogens is 405 g/mol. The molecule has 2 aromatic carbocycles. The van der Waals surface area contributed by atoms with Gasteiger partial charge in [-0.2, -0.15) is 0 Å². The molecule has 1 fully saturated rings. The van der Waals surface area contributed by atoms with Crippen molar-refractivity contribution in [3.8, 4) is 11.1 Å². The first-order valence-corrected chi connectivity index (χ1v) is 10.9. The summed E-state index contributed by atoms with van der Waals surface area (Å²) in [4.78, 5) is 34.2. The van der Waals surface area contributed by atoms with Gasteiger partial charge < -0.3 is 9.80 Å². The van der Waals surface area contributed by atoms with Crippen LogP contribution in [-0.4, -0.2) is 52.3 Å². The summed E-state index contributed by atoms with van der Waals surface area (Å²) >= 11 is 0. The number of carbonyl (C=O) groups is 2. The van der Waals surface area contributed by atoms with Gasteiger partial charge in [-0.1, -0.05) is 42.5 Å². The summed E-state index contributed by atoms with van der Waals surface area (Å²) in [5, 5.41) is 0. The highest BCUT2D eigenvalue weighted by molar-refractivity contribution is 5.90. The summed E-state index contributed by atoms with van der Waals surface area (Å²) in [6.45, 7) is 3.57. The van der Waals surface area contributed by atoms with E-state index in [-0.39, 0.29) is 24.1 Å². The fraction of sp³-hybridized carbons (Fsp3) is 0.269. The number of carbonyl (C=O) groups excluding carboxylic acids is 2. The molecule has 2 amide bonds. The lowest BCUT2D eigenvalue weighted by molar-refractivity contribution is -0.150. The first-order chi connectivity index (χ1) is 15.6. The van der Waals surface area contributed by atoms with Crippen LogP contribution in [0, 0.1) is 5.82 Å². The maximum Gasteiger partial charge on any atom is 0.245 e. The number of nitrogens with zero attached hydrogens (tertiary/aromatic N) is 3. The molecule has 0 saturated carbocycles. The quantitative estimate of drug-likeness (QED) is 0.598. The van der Waals surface area contributed by atoms with Gasteiger partial charge in [0.1, 0.15) is 11.9 Å². The Labute approximate surface area is 187 Å². The predicted molar refractivity (Wildman–Crippen MR) is 121 cm³/mol. The Morgan fingerprint density at radius 1 is 1.06 bits per heavy atom. The van der Waals surface area contributed by atoms with Crippen LogP contribution in [0.1, 0.15) is 18.1 Å². The van der Waals surface area contributed by atoms with Crippen LogP contribution >= 0.6 is 0 Å². The van der Waals surface area contributed by atoms with E-state index in [2.05, 4.69) is 4.98 Å². The number of halogens is 1. The van der Waals surface area contributed by atoms with E-state index in [9.17, 15) is 14.0 Å². The Hall–Kier alpha value is -3.54. The lowest BCUT2D eigenvalue weighted by atomic mass is 9.93. The smallest absolute Gasteiger partial charge is 0.245 e. The van der Waals surface area contributed by atoms with Gasteiger partial charge in [0.05, 0.1) is 6.42 Å². The van der Waals surface area contributed by atoms with Crippen molar-refractivity contribution in [1.29, 1.82) is 0 Å². The number of piperazine rings is 1. The SMILES string of the molecule is CCN1CCN(C(=O)Cc2ccc(F)cc2)C(Cc2ccccc2-c2cccnc2)C1=O. The van der Waals surface area contributed by atoms with Crippen molar-refractivity contribution < 1.29 is 14.0 Å². The molecule has 0 bridgehead atoms. The summed E-state index contributed by atoms with van der Waals surface area (Å²) in [5.74, 6) is -0.491. The standard InChI is InChI=1S/C26H26FN3O2/c1-2-29-14-15-30(25(31)16-19-9-11-22(27)12-10-19)24(26(29)32)17-20-6-3-4-8-23(20)21-7-5-13-28-18-21/h3-13,18,24H,2,14-17H2,1H3. The zero-order valence-corrected chi connectivity index (χ0v) is 18.1. The highest BCUT2D eigenvalue weighted by Gasteiger charge is 2.37. The van der Waals surface area contributed by atoms with Gasteiger partial charge in [-0.3, -0.25) is 14.6 Å². The number of amides is 2. The molecule has 1 saturated heterocycles. The van der Waals surface area contributed by atoms with E-state index in [1.807, 2.05) is 43.3 Å². The molecule has 2 heterocycles. The van der Waals surface area contributed by atoms with Crippen LogP contribution in [0.25, 0.3) is 11.1 Å². The van der Waals surface area contributed by atoms with Gasteiger partial charge >= 0.3 is 0 Å². The molecule has 1 aliphatic heterocycles. The molecule has 4 rings (SSSR count). The molecule has 32 heavy (non-hydrogen) atoms. The van der Waals surface area contributed by atoms with Crippen molar-refractivity contribution in [2.45, 2.75) is 25.8 Å². The molecule has 0 spiro atoms. The van der Waals surface area contributed by atoms with Crippen LogP contribution in [0.15, 0.2) is 73.1 Å². The second-order valence-electron chi connectivity index (χ2n) is 7.93. The maximum absolute atomic E-state index is 13.3. The summed E-state index contributed by atoms with van der Waals surface area (Å²) in [6.07, 6.45) is 4.10. The third-order valence-corrected chi connectivity index (χ3v) is 5.96. The number of pyridine rings is 1. The summed E-state index contributed by atoms with van der Waals surface area (Å²) in [6, 6.07) is 17.2. The van der Waals surface area contributed by atoms with Crippen molar-refractivity contribution in [2.24, 2.45) is 0 Å². The highest BCUT2D eigenvalue weighted by atomic mass is 19.1. The Bertz CT molecular complexity index is 1090. The number of benzene rings is 2. The summed E-state index contributed by atoms with van der Waals surface area (Å²) < 4.78 is 13.2. The van der Waals surface area contributed by atoms with E-state index in [4.69, 9.17) is 0 Å². The van der Waals surface area contributed by atoms with Crippen LogP contribution in [-0.2, 0) is 22.4 Å². The average molecular weight is 432 g/mol. The molecule has 5 nitrogen and oxygen atoms in total. The normalized spacial score (nSPS) is 16.3. The number of hydrogen-bond acceptors (Lipinski definition) is 3. The zero-order valence-electron chi connectivity index (χ0n) is 18.1. The van der Waals surface area contributed by atoms with Crippen LogP contribution in [0.4, 0.5) is 4.39 Å². The van der Waals surface area contributed by atoms with E-state index in [0.717, 1.165) is 22.3 Å². The van der Waals surface area contributed by atoms with Crippen molar-refractivity contribution in [1.82, 2.24) is 14.8 Å². The minimum Gasteiger partial charge on any atom is -0.339 e. The summed E-state index contributed by atoms with van der Waals surface area (Å²) in [5.41, 5.74) is 3.71. The molecule has 1 unspecified atom stereocenters. The molecule has 0 radical (unpaired) electrons. The number of hydrogen-bond donors (Lipinski definition) is 0. The third kappa shape index (κ3) is 4.69. The molecule has 3 aromatic rings. The van der Waals surface area contributed by atoms with Gasteiger partial charge in [-0.05, 0) is 41.8 Å². The Morgan fingerprint density at radius 2 is 1.84 bits per heavy atom. The third-order valence-electron chi connectivity index (χ3n) is 5.96. The fourth-order valence-corrected chi connectivity index (χ4v) is 4.24. The van der Waals surface area contributed by atoms with Crippen LogP contribution < -0.4 is 0 Å². The average Bonchev–Trinajstić information content (AvgIpc) is 2.82. The number of aromatic nitrogens is 1. The Balaban J connectivity index is 1.62. The monoisotopic (exact) mass is 431 g/mol. The molecule has 0 N–H and O–H groups in total. The topological polar surface area (TPSA) is 53.5 Å². The fourth-order valence-electron chi connectivity index (χ4n) is 4.24. The van der Waals surface area contributed by atoms with E-state index in [1.165, 1.54) is 12.1 Å². The van der Waals surface area contributed by atoms with E-state index >= 15 is 0 Å². The van der Waals surface area contributed by atoms with Gasteiger partial charge in [-0.15, -0.1) is 0 Å². The van der Waals surface area contributed by atoms with E-state index in [1.54, 1.807) is 34.3 Å². The maximum atomic E-state index is 13.3. The minimum absolute atomic E-state index is 0.0350. The van der Waals surface area contributed by atoms with Gasteiger partial charge in [-0.25, -0.2) is 4.39 Å². The van der Waals surface area contributed by atoms with Gasteiger partial charge in [0.15, 0.2) is 0 Å². The Kier molecular flexibility index (Phi) is 6.59. The van der Waals surface area contributed by atoms with Crippen molar-refractivity contribution in [3.63, 3.8) is 0 Å². The van der Waals surface area contributed by atoms with Crippen molar-refractivity contribution in [3.05, 3.63) is 90.0 Å². The molecule has 1 aromatic heterocycles. The zero-order chi connectivity index (χ0) is 22.5. The predicted octanol–water partition coefficient (Wildman–Crippen LogP) is 3.73. The van der Waals surface area contributed by atoms with Crippen molar-refractivity contribution >= 4 is 11.8 Å². The van der Waals surface area contributed by atoms with E-state index < -0.39 is 6.04 Å². The first-order valence-electron chi connectivity index (χ1n) is 10.9. The molecule has 0 aliphatic carbocycles. The first kappa shape index (κ1) is 21.7. The van der Waals surface area contributed by atoms with Crippen LogP contribution in [0.2, 0.25) is 0 Å². The summed E-state index contributed by atoms with van der Waals surface area (Å²) in [7, 11) is 0. The van der Waals surface area contributed by atoms with Gasteiger partial charge in [0.25, 0.3) is 0 Å². The molecular formula is C26H26FN3O2. The second-order valence-corrected chi connectivity index (χ2v) is 7.93. The van der Waals surface area contributed by atoms with E-state index in [0.29, 0.717) is 26.1 Å². The Morgan fingerprint density at radius 3 is 2.56 bits per heavy atom. The minimum atomic E-state index is -0.575. The molecule has 6 heteroatoms. The molecule has 1 aliphatic rings. The van der Waals surface area contributed by atoms with Crippen LogP contribution in [0.5, 0.6) is 0 Å². The highest BCUT2D eigenvalue weighted by Crippen LogP contribution is 2.26. The number of rotatable bonds is 6. The van der Waals surface area contributed by atoms with Crippen LogP contribution in [0.3, 0.4) is 0 Å².